The molecule has 0 aliphatic heterocycles. The number of carbonyl (C=O) groups is 1. The van der Waals surface area contributed by atoms with Gasteiger partial charge in [0.25, 0.3) is 5.56 Å². The van der Waals surface area contributed by atoms with Gasteiger partial charge in [-0.25, -0.2) is 4.79 Å². The minimum absolute atomic E-state index is 0.172. The molecule has 3 N–H and O–H groups in total. The van der Waals surface area contributed by atoms with E-state index in [1.807, 2.05) is 51.1 Å². The van der Waals surface area contributed by atoms with Crippen LogP contribution in [0.25, 0.3) is 0 Å². The quantitative estimate of drug-likeness (QED) is 0.761. The molecule has 128 valence electrons. The highest BCUT2D eigenvalue weighted by Crippen LogP contribution is 2.17. The first-order valence-corrected chi connectivity index (χ1v) is 7.93. The molecule has 0 saturated carbocycles. The molecular formula is C18H23N3O3. The van der Waals surface area contributed by atoms with Crippen LogP contribution >= 0.6 is 0 Å². The number of urea groups is 1. The Labute approximate surface area is 141 Å². The number of para-hydroxylation sites is 1. The van der Waals surface area contributed by atoms with Crippen molar-refractivity contribution >= 4 is 6.03 Å². The molecule has 1 aromatic carbocycles. The highest BCUT2D eigenvalue weighted by atomic mass is 16.5. The second-order valence-corrected chi connectivity index (χ2v) is 5.52. The molecule has 0 saturated heterocycles. The molecule has 0 unspecified atom stereocenters. The molecule has 2 amide bonds. The Balaban J connectivity index is 1.92. The summed E-state index contributed by atoms with van der Waals surface area (Å²) in [6, 6.07) is 9.11. The summed E-state index contributed by atoms with van der Waals surface area (Å²) in [6.45, 7) is 6.70. The standard InChI is InChI=1S/C18H23N3O3/c1-4-24-16-8-6-5-7-14(16)10-19-18(23)20-11-15-12(2)9-13(3)21-17(15)22/h5-9H,4,10-11H2,1-3H3,(H,21,22)(H2,19,20,23). The lowest BCUT2D eigenvalue weighted by molar-refractivity contribution is 0.240. The summed E-state index contributed by atoms with van der Waals surface area (Å²) in [6.07, 6.45) is 0. The van der Waals surface area contributed by atoms with Crippen molar-refractivity contribution in [2.24, 2.45) is 0 Å². The molecule has 0 fully saturated rings. The highest BCUT2D eigenvalue weighted by Gasteiger charge is 2.08. The first-order chi connectivity index (χ1) is 11.5. The number of nitrogens with one attached hydrogen (secondary N) is 3. The van der Waals surface area contributed by atoms with Gasteiger partial charge in [0.2, 0.25) is 0 Å². The number of aryl methyl sites for hydroxylation is 2. The van der Waals surface area contributed by atoms with Gasteiger partial charge < -0.3 is 20.4 Å². The summed E-state index contributed by atoms with van der Waals surface area (Å²) in [5, 5.41) is 5.49. The molecule has 1 heterocycles. The zero-order chi connectivity index (χ0) is 17.5. The molecule has 0 radical (unpaired) electrons. The van der Waals surface area contributed by atoms with Crippen molar-refractivity contribution < 1.29 is 9.53 Å². The van der Waals surface area contributed by atoms with E-state index in [2.05, 4.69) is 15.6 Å². The van der Waals surface area contributed by atoms with Gasteiger partial charge in [-0.2, -0.15) is 0 Å². The number of aromatic amines is 1. The summed E-state index contributed by atoms with van der Waals surface area (Å²) >= 11 is 0. The number of carbonyl (C=O) groups excluding carboxylic acids is 1. The van der Waals surface area contributed by atoms with Gasteiger partial charge in [-0.05, 0) is 38.5 Å². The third-order valence-electron chi connectivity index (χ3n) is 3.63. The van der Waals surface area contributed by atoms with Gasteiger partial charge in [-0.15, -0.1) is 0 Å². The molecule has 0 atom stereocenters. The van der Waals surface area contributed by atoms with Crippen molar-refractivity contribution in [2.75, 3.05) is 6.61 Å². The topological polar surface area (TPSA) is 83.2 Å². The van der Waals surface area contributed by atoms with Crippen LogP contribution < -0.4 is 20.9 Å². The lowest BCUT2D eigenvalue weighted by Crippen LogP contribution is -2.36. The van der Waals surface area contributed by atoms with Gasteiger partial charge in [0.15, 0.2) is 0 Å². The van der Waals surface area contributed by atoms with E-state index in [-0.39, 0.29) is 18.1 Å². The molecule has 0 aliphatic carbocycles. The van der Waals surface area contributed by atoms with Crippen LogP contribution in [-0.2, 0) is 13.1 Å². The van der Waals surface area contributed by atoms with E-state index in [0.29, 0.717) is 18.7 Å². The highest BCUT2D eigenvalue weighted by molar-refractivity contribution is 5.73. The average Bonchev–Trinajstić information content (AvgIpc) is 2.53. The Morgan fingerprint density at radius 1 is 1.17 bits per heavy atom. The van der Waals surface area contributed by atoms with Crippen LogP contribution in [0.2, 0.25) is 0 Å². The summed E-state index contributed by atoms with van der Waals surface area (Å²) < 4.78 is 5.52. The van der Waals surface area contributed by atoms with Gasteiger partial charge in [-0.1, -0.05) is 18.2 Å². The Morgan fingerprint density at radius 3 is 2.58 bits per heavy atom. The molecule has 2 aromatic rings. The average molecular weight is 329 g/mol. The maximum atomic E-state index is 12.0. The van der Waals surface area contributed by atoms with Crippen molar-refractivity contribution in [1.82, 2.24) is 15.6 Å². The SMILES string of the molecule is CCOc1ccccc1CNC(=O)NCc1c(C)cc(C)[nH]c1=O. The third kappa shape index (κ3) is 4.62. The fourth-order valence-electron chi connectivity index (χ4n) is 2.45. The van der Waals surface area contributed by atoms with Gasteiger partial charge in [0.1, 0.15) is 5.75 Å². The molecule has 0 bridgehead atoms. The van der Waals surface area contributed by atoms with E-state index in [1.165, 1.54) is 0 Å². The molecular weight excluding hydrogens is 306 g/mol. The number of pyridine rings is 1. The van der Waals surface area contributed by atoms with Gasteiger partial charge in [0.05, 0.1) is 13.2 Å². The minimum Gasteiger partial charge on any atom is -0.494 e. The van der Waals surface area contributed by atoms with Gasteiger partial charge in [0, 0.05) is 23.4 Å². The maximum Gasteiger partial charge on any atom is 0.315 e. The molecule has 24 heavy (non-hydrogen) atoms. The number of hydrogen-bond donors (Lipinski definition) is 3. The van der Waals surface area contributed by atoms with Crippen LogP contribution in [0.1, 0.15) is 29.3 Å². The molecule has 6 heteroatoms. The van der Waals surface area contributed by atoms with Crippen LogP contribution in [0.5, 0.6) is 5.75 Å². The third-order valence-corrected chi connectivity index (χ3v) is 3.63. The van der Waals surface area contributed by atoms with Crippen molar-refractivity contribution in [3.63, 3.8) is 0 Å². The number of H-pyrrole nitrogens is 1. The first kappa shape index (κ1) is 17.6. The lowest BCUT2D eigenvalue weighted by Gasteiger charge is -2.12. The molecule has 6 nitrogen and oxygen atoms in total. The van der Waals surface area contributed by atoms with Gasteiger partial charge in [-0.3, -0.25) is 4.79 Å². The Morgan fingerprint density at radius 2 is 1.88 bits per heavy atom. The number of aromatic nitrogens is 1. The molecule has 2 rings (SSSR count). The fourth-order valence-corrected chi connectivity index (χ4v) is 2.45. The van der Waals surface area contributed by atoms with E-state index >= 15 is 0 Å². The summed E-state index contributed by atoms with van der Waals surface area (Å²) in [5.41, 5.74) is 2.95. The largest absolute Gasteiger partial charge is 0.494 e. The summed E-state index contributed by atoms with van der Waals surface area (Å²) in [5.74, 6) is 0.756. The monoisotopic (exact) mass is 329 g/mol. The van der Waals surface area contributed by atoms with Crippen LogP contribution in [0, 0.1) is 13.8 Å². The van der Waals surface area contributed by atoms with E-state index in [0.717, 1.165) is 22.6 Å². The van der Waals surface area contributed by atoms with Crippen LogP contribution in [-0.4, -0.2) is 17.6 Å². The van der Waals surface area contributed by atoms with Crippen LogP contribution in [0.4, 0.5) is 4.79 Å². The second kappa shape index (κ2) is 8.19. The van der Waals surface area contributed by atoms with Crippen LogP contribution in [0.3, 0.4) is 0 Å². The predicted octanol–water partition coefficient (Wildman–Crippen LogP) is 2.39. The van der Waals surface area contributed by atoms with Gasteiger partial charge >= 0.3 is 6.03 Å². The maximum absolute atomic E-state index is 12.0. The zero-order valence-corrected chi connectivity index (χ0v) is 14.2. The van der Waals surface area contributed by atoms with Crippen molar-refractivity contribution in [2.45, 2.75) is 33.9 Å². The van der Waals surface area contributed by atoms with E-state index in [1.54, 1.807) is 0 Å². The van der Waals surface area contributed by atoms with Crippen LogP contribution in [0.15, 0.2) is 35.1 Å². The van der Waals surface area contributed by atoms with Crippen molar-refractivity contribution in [1.29, 1.82) is 0 Å². The number of amides is 2. The number of benzene rings is 1. The Kier molecular flexibility index (Phi) is 6.01. The Bertz CT molecular complexity index is 768. The van der Waals surface area contributed by atoms with Crippen molar-refractivity contribution in [3.05, 3.63) is 63.1 Å². The molecule has 0 aliphatic rings. The molecule has 0 spiro atoms. The van der Waals surface area contributed by atoms with E-state index < -0.39 is 0 Å². The number of rotatable bonds is 6. The molecule has 1 aromatic heterocycles. The second-order valence-electron chi connectivity index (χ2n) is 5.52. The summed E-state index contributed by atoms with van der Waals surface area (Å²) in [4.78, 5) is 26.6. The summed E-state index contributed by atoms with van der Waals surface area (Å²) in [7, 11) is 0. The van der Waals surface area contributed by atoms with E-state index in [4.69, 9.17) is 4.74 Å². The number of ether oxygens (including phenoxy) is 1. The minimum atomic E-state index is -0.333. The van der Waals surface area contributed by atoms with Crippen molar-refractivity contribution in [3.8, 4) is 5.75 Å². The lowest BCUT2D eigenvalue weighted by atomic mass is 10.1. The first-order valence-electron chi connectivity index (χ1n) is 7.93. The van der Waals surface area contributed by atoms with E-state index in [9.17, 15) is 9.59 Å². The Hall–Kier alpha value is -2.76. The predicted molar refractivity (Wildman–Crippen MR) is 93.2 cm³/mol. The fraction of sp³-hybridized carbons (Fsp3) is 0.333. The zero-order valence-electron chi connectivity index (χ0n) is 14.2. The normalized spacial score (nSPS) is 10.3. The number of hydrogen-bond acceptors (Lipinski definition) is 3. The smallest absolute Gasteiger partial charge is 0.315 e.